The molecule has 5 nitrogen and oxygen atoms in total. The lowest BCUT2D eigenvalue weighted by Crippen LogP contribution is -2.27. The van der Waals surface area contributed by atoms with Gasteiger partial charge in [-0.15, -0.1) is 5.10 Å². The van der Waals surface area contributed by atoms with E-state index < -0.39 is 0 Å². The highest BCUT2D eigenvalue weighted by Gasteiger charge is 2.42. The molecule has 0 bridgehead atoms. The molecule has 1 aliphatic carbocycles. The largest absolute Gasteiger partial charge is 0.393 e. The highest BCUT2D eigenvalue weighted by atomic mass is 16.3. The number of hydrogen-bond donors (Lipinski definition) is 2. The van der Waals surface area contributed by atoms with Gasteiger partial charge in [-0.2, -0.15) is 5.10 Å². The number of hydrogen-bond acceptors (Lipinski definition) is 5. The maximum Gasteiger partial charge on any atom is 0.156 e. The molecular weight excluding hydrogens is 240 g/mol. The zero-order valence-electron chi connectivity index (χ0n) is 11.6. The molecule has 3 atom stereocenters. The van der Waals surface area contributed by atoms with Gasteiger partial charge in [0.25, 0.3) is 0 Å². The molecule has 1 aliphatic heterocycles. The summed E-state index contributed by atoms with van der Waals surface area (Å²) in [7, 11) is 0. The van der Waals surface area contributed by atoms with Crippen molar-refractivity contribution in [3.05, 3.63) is 16.8 Å². The quantitative estimate of drug-likeness (QED) is 0.823. The van der Waals surface area contributed by atoms with Crippen molar-refractivity contribution < 1.29 is 5.11 Å². The maximum absolute atomic E-state index is 10.0. The van der Waals surface area contributed by atoms with Crippen LogP contribution in [-0.4, -0.2) is 34.5 Å². The van der Waals surface area contributed by atoms with Gasteiger partial charge in [-0.25, -0.2) is 0 Å². The molecule has 2 fully saturated rings. The Bertz CT molecular complexity index is 491. The zero-order valence-corrected chi connectivity index (χ0v) is 11.6. The van der Waals surface area contributed by atoms with E-state index in [2.05, 4.69) is 22.0 Å². The van der Waals surface area contributed by atoms with E-state index in [0.29, 0.717) is 18.4 Å². The molecule has 0 amide bonds. The number of fused-ring (bicyclic) bond motifs is 1. The number of nitrogens with zero attached hydrogens (tertiary/aromatic N) is 3. The lowest BCUT2D eigenvalue weighted by Gasteiger charge is -2.22. The fourth-order valence-corrected chi connectivity index (χ4v) is 3.55. The maximum atomic E-state index is 10.0. The third kappa shape index (κ3) is 2.01. The minimum absolute atomic E-state index is 0.143. The Hall–Kier alpha value is -1.20. The van der Waals surface area contributed by atoms with Crippen molar-refractivity contribution in [2.24, 2.45) is 17.6 Å². The summed E-state index contributed by atoms with van der Waals surface area (Å²) >= 11 is 0. The van der Waals surface area contributed by atoms with Gasteiger partial charge >= 0.3 is 0 Å². The summed E-state index contributed by atoms with van der Waals surface area (Å²) < 4.78 is 0. The highest BCUT2D eigenvalue weighted by molar-refractivity contribution is 5.51. The molecule has 2 heterocycles. The Morgan fingerprint density at radius 2 is 2.05 bits per heavy atom. The minimum Gasteiger partial charge on any atom is -0.393 e. The lowest BCUT2D eigenvalue weighted by atomic mass is 10.00. The average molecular weight is 262 g/mol. The second-order valence-corrected chi connectivity index (χ2v) is 5.89. The van der Waals surface area contributed by atoms with Crippen LogP contribution < -0.4 is 10.6 Å². The van der Waals surface area contributed by atoms with Crippen molar-refractivity contribution in [3.8, 4) is 0 Å². The number of rotatable bonds is 2. The van der Waals surface area contributed by atoms with Crippen molar-refractivity contribution in [1.82, 2.24) is 10.2 Å². The van der Waals surface area contributed by atoms with Gasteiger partial charge in [0.1, 0.15) is 0 Å². The predicted octanol–water partition coefficient (Wildman–Crippen LogP) is 0.759. The molecule has 19 heavy (non-hydrogen) atoms. The smallest absolute Gasteiger partial charge is 0.156 e. The van der Waals surface area contributed by atoms with Crippen LogP contribution in [0.3, 0.4) is 0 Å². The number of aromatic nitrogens is 2. The Morgan fingerprint density at radius 1 is 1.26 bits per heavy atom. The van der Waals surface area contributed by atoms with E-state index in [1.807, 2.05) is 6.92 Å². The number of aryl methyl sites for hydroxylation is 1. The first-order valence-electron chi connectivity index (χ1n) is 7.07. The first-order valence-corrected chi connectivity index (χ1v) is 7.07. The average Bonchev–Trinajstić information content (AvgIpc) is 2.95. The van der Waals surface area contributed by atoms with E-state index in [-0.39, 0.29) is 6.10 Å². The molecule has 5 heteroatoms. The van der Waals surface area contributed by atoms with Crippen molar-refractivity contribution in [2.75, 3.05) is 18.0 Å². The van der Waals surface area contributed by atoms with Gasteiger partial charge < -0.3 is 15.7 Å². The van der Waals surface area contributed by atoms with Gasteiger partial charge in [0.15, 0.2) is 5.82 Å². The molecule has 104 valence electrons. The topological polar surface area (TPSA) is 75.3 Å². The zero-order chi connectivity index (χ0) is 13.6. The van der Waals surface area contributed by atoms with Crippen LogP contribution in [0, 0.1) is 25.7 Å². The van der Waals surface area contributed by atoms with Crippen molar-refractivity contribution >= 4 is 5.82 Å². The van der Waals surface area contributed by atoms with Crippen LogP contribution in [-0.2, 0) is 6.54 Å². The first kappa shape index (κ1) is 12.8. The highest BCUT2D eigenvalue weighted by Crippen LogP contribution is 2.40. The number of anilines is 1. The molecular formula is C14H22N4O. The molecule has 3 rings (SSSR count). The minimum atomic E-state index is -0.143. The van der Waals surface area contributed by atoms with Crippen molar-refractivity contribution in [2.45, 2.75) is 39.3 Å². The molecule has 0 radical (unpaired) electrons. The third-order valence-electron chi connectivity index (χ3n) is 4.88. The standard InChI is InChI=1S/C14H22N4O/c1-8-9(2)16-17-14(11(8)5-15)18-6-10-3-4-13(19)12(10)7-18/h10,12-13,19H,3-7,15H2,1-2H3. The summed E-state index contributed by atoms with van der Waals surface area (Å²) in [5.41, 5.74) is 9.08. The molecule has 0 spiro atoms. The summed E-state index contributed by atoms with van der Waals surface area (Å²) in [6, 6.07) is 0. The van der Waals surface area contributed by atoms with E-state index in [1.165, 1.54) is 0 Å². The summed E-state index contributed by atoms with van der Waals surface area (Å²) in [6.07, 6.45) is 1.93. The molecule has 2 aliphatic rings. The van der Waals surface area contributed by atoms with Crippen molar-refractivity contribution in [1.29, 1.82) is 0 Å². The van der Waals surface area contributed by atoms with E-state index in [1.54, 1.807) is 0 Å². The Kier molecular flexibility index (Phi) is 3.19. The fourth-order valence-electron chi connectivity index (χ4n) is 3.55. The Morgan fingerprint density at radius 3 is 2.74 bits per heavy atom. The fraction of sp³-hybridized carbons (Fsp3) is 0.714. The summed E-state index contributed by atoms with van der Waals surface area (Å²) in [4.78, 5) is 2.26. The lowest BCUT2D eigenvalue weighted by molar-refractivity contribution is 0.133. The van der Waals surface area contributed by atoms with Gasteiger partial charge in [-0.3, -0.25) is 0 Å². The van der Waals surface area contributed by atoms with E-state index >= 15 is 0 Å². The van der Waals surface area contributed by atoms with E-state index in [4.69, 9.17) is 5.73 Å². The SMILES string of the molecule is Cc1nnc(N2CC3CCC(O)C3C2)c(CN)c1C. The Labute approximate surface area is 113 Å². The van der Waals surface area contributed by atoms with Crippen LogP contribution >= 0.6 is 0 Å². The van der Waals surface area contributed by atoms with Crippen LogP contribution in [0.15, 0.2) is 0 Å². The van der Waals surface area contributed by atoms with Crippen LogP contribution in [0.2, 0.25) is 0 Å². The summed E-state index contributed by atoms with van der Waals surface area (Å²) in [6.45, 7) is 6.38. The normalized spacial score (nSPS) is 29.9. The van der Waals surface area contributed by atoms with Crippen molar-refractivity contribution in [3.63, 3.8) is 0 Å². The Balaban J connectivity index is 1.90. The van der Waals surface area contributed by atoms with Gasteiger partial charge in [0.2, 0.25) is 0 Å². The van der Waals surface area contributed by atoms with Crippen LogP contribution in [0.5, 0.6) is 0 Å². The van der Waals surface area contributed by atoms with Crippen LogP contribution in [0.25, 0.3) is 0 Å². The molecule has 1 aromatic rings. The molecule has 1 aromatic heterocycles. The van der Waals surface area contributed by atoms with Gasteiger partial charge in [-0.05, 0) is 38.2 Å². The number of aliphatic hydroxyl groups is 1. The van der Waals surface area contributed by atoms with Crippen LogP contribution in [0.4, 0.5) is 5.82 Å². The van der Waals surface area contributed by atoms with E-state index in [9.17, 15) is 5.11 Å². The molecule has 1 saturated carbocycles. The van der Waals surface area contributed by atoms with Gasteiger partial charge in [0, 0.05) is 31.1 Å². The van der Waals surface area contributed by atoms with Crippen LogP contribution in [0.1, 0.15) is 29.7 Å². The molecule has 3 N–H and O–H groups in total. The third-order valence-corrected chi connectivity index (χ3v) is 4.88. The van der Waals surface area contributed by atoms with Gasteiger partial charge in [-0.1, -0.05) is 0 Å². The van der Waals surface area contributed by atoms with E-state index in [0.717, 1.165) is 48.6 Å². The summed E-state index contributed by atoms with van der Waals surface area (Å²) in [5.74, 6) is 1.92. The number of nitrogens with two attached hydrogens (primary N) is 1. The second-order valence-electron chi connectivity index (χ2n) is 5.89. The number of aliphatic hydroxyl groups excluding tert-OH is 1. The molecule has 3 unspecified atom stereocenters. The first-order chi connectivity index (χ1) is 9.11. The molecule has 0 aromatic carbocycles. The molecule has 1 saturated heterocycles. The summed E-state index contributed by atoms with van der Waals surface area (Å²) in [5, 5.41) is 18.6. The predicted molar refractivity (Wildman–Crippen MR) is 73.8 cm³/mol. The monoisotopic (exact) mass is 262 g/mol. The van der Waals surface area contributed by atoms with Gasteiger partial charge in [0.05, 0.1) is 11.8 Å². The second kappa shape index (κ2) is 4.72.